The van der Waals surface area contributed by atoms with Gasteiger partial charge in [-0.05, 0) is 43.3 Å². The minimum atomic E-state index is -0.366. The predicted molar refractivity (Wildman–Crippen MR) is 146 cm³/mol. The van der Waals surface area contributed by atoms with Crippen LogP contribution in [0.2, 0.25) is 5.02 Å². The Morgan fingerprint density at radius 3 is 2.71 bits per heavy atom. The lowest BCUT2D eigenvalue weighted by atomic mass is 10.0. The summed E-state index contributed by atoms with van der Waals surface area (Å²) in [5, 5.41) is 14.7. The van der Waals surface area contributed by atoms with Crippen LogP contribution in [0.5, 0.6) is 0 Å². The standard InChI is InChI=1S/C27H22ClN9O/c1-15(23-20-10-9-16(28)12-21(20)37(34-23)17-6-5-11-31-13-17)36-26-22(25(29)32-14-33-26)24(35-36)18-7-3-4-8-19(18)27(38)30-2/h3-15H,1-2H3,(H,30,38)(H2,29,32,33). The van der Waals surface area contributed by atoms with Gasteiger partial charge in [0.15, 0.2) is 5.65 Å². The molecule has 3 N–H and O–H groups in total. The molecule has 10 nitrogen and oxygen atoms in total. The van der Waals surface area contributed by atoms with E-state index in [-0.39, 0.29) is 17.8 Å². The maximum atomic E-state index is 12.7. The Hall–Kier alpha value is -4.83. The molecule has 38 heavy (non-hydrogen) atoms. The summed E-state index contributed by atoms with van der Waals surface area (Å²) in [6.45, 7) is 1.99. The highest BCUT2D eigenvalue weighted by molar-refractivity contribution is 6.31. The van der Waals surface area contributed by atoms with E-state index in [1.807, 2.05) is 54.1 Å². The van der Waals surface area contributed by atoms with Crippen LogP contribution < -0.4 is 11.1 Å². The number of aromatic nitrogens is 7. The number of carbonyl (C=O) groups excluding carboxylic acids is 1. The number of carbonyl (C=O) groups is 1. The molecule has 11 heteroatoms. The Kier molecular flexibility index (Phi) is 5.73. The van der Waals surface area contributed by atoms with Crippen molar-refractivity contribution in [2.45, 2.75) is 13.0 Å². The van der Waals surface area contributed by atoms with E-state index in [0.717, 1.165) is 22.3 Å². The van der Waals surface area contributed by atoms with Crippen molar-refractivity contribution in [2.24, 2.45) is 0 Å². The number of halogens is 1. The Labute approximate surface area is 222 Å². The highest BCUT2D eigenvalue weighted by Gasteiger charge is 2.26. The van der Waals surface area contributed by atoms with Crippen LogP contribution in [0.25, 0.3) is 38.9 Å². The minimum absolute atomic E-state index is 0.232. The Morgan fingerprint density at radius 1 is 1.08 bits per heavy atom. The van der Waals surface area contributed by atoms with Gasteiger partial charge < -0.3 is 11.1 Å². The average Bonchev–Trinajstić information content (AvgIpc) is 3.52. The molecule has 0 saturated carbocycles. The van der Waals surface area contributed by atoms with E-state index >= 15 is 0 Å². The van der Waals surface area contributed by atoms with E-state index in [0.29, 0.717) is 32.9 Å². The van der Waals surface area contributed by atoms with Gasteiger partial charge in [-0.3, -0.25) is 9.78 Å². The molecular weight excluding hydrogens is 502 g/mol. The molecule has 2 aromatic carbocycles. The molecule has 0 saturated heterocycles. The quantitative estimate of drug-likeness (QED) is 0.342. The second-order valence-electron chi connectivity index (χ2n) is 8.72. The maximum absolute atomic E-state index is 12.7. The molecule has 4 aromatic heterocycles. The van der Waals surface area contributed by atoms with Crippen LogP contribution in [0.15, 0.2) is 73.3 Å². The van der Waals surface area contributed by atoms with Crippen LogP contribution in [-0.2, 0) is 0 Å². The molecule has 0 aliphatic rings. The molecule has 0 aliphatic carbocycles. The predicted octanol–water partition coefficient (Wildman–Crippen LogP) is 4.43. The van der Waals surface area contributed by atoms with Gasteiger partial charge in [-0.15, -0.1) is 0 Å². The van der Waals surface area contributed by atoms with Crippen LogP contribution in [0.3, 0.4) is 0 Å². The zero-order valence-corrected chi connectivity index (χ0v) is 21.3. The summed E-state index contributed by atoms with van der Waals surface area (Å²) in [7, 11) is 1.59. The number of fused-ring (bicyclic) bond motifs is 2. The number of hydrogen-bond donors (Lipinski definition) is 2. The van der Waals surface area contributed by atoms with Crippen molar-refractivity contribution < 1.29 is 4.79 Å². The van der Waals surface area contributed by atoms with Gasteiger partial charge in [0.2, 0.25) is 0 Å². The SMILES string of the molecule is CNC(=O)c1ccccc1-c1nn(C(C)c2nn(-c3cccnc3)c3cc(Cl)ccc23)c2ncnc(N)c12. The van der Waals surface area contributed by atoms with Gasteiger partial charge in [0.25, 0.3) is 5.91 Å². The van der Waals surface area contributed by atoms with Crippen LogP contribution in [-0.4, -0.2) is 47.5 Å². The Balaban J connectivity index is 1.59. The summed E-state index contributed by atoms with van der Waals surface area (Å²) in [6, 6.07) is 16.3. The van der Waals surface area contributed by atoms with Crippen molar-refractivity contribution in [3.8, 4) is 16.9 Å². The van der Waals surface area contributed by atoms with E-state index in [1.165, 1.54) is 6.33 Å². The van der Waals surface area contributed by atoms with Crippen LogP contribution in [0, 0.1) is 0 Å². The van der Waals surface area contributed by atoms with Crippen molar-refractivity contribution in [2.75, 3.05) is 12.8 Å². The fraction of sp³-hybridized carbons (Fsp3) is 0.111. The summed E-state index contributed by atoms with van der Waals surface area (Å²) in [6.07, 6.45) is 4.86. The number of rotatable bonds is 5. The van der Waals surface area contributed by atoms with Gasteiger partial charge in [0.05, 0.1) is 34.5 Å². The number of nitrogens with one attached hydrogen (secondary N) is 1. The summed E-state index contributed by atoms with van der Waals surface area (Å²) < 4.78 is 3.59. The first-order chi connectivity index (χ1) is 18.5. The van der Waals surface area contributed by atoms with E-state index in [1.54, 1.807) is 36.3 Å². The van der Waals surface area contributed by atoms with Crippen LogP contribution in [0.4, 0.5) is 5.82 Å². The number of nitrogens with zero attached hydrogens (tertiary/aromatic N) is 7. The summed E-state index contributed by atoms with van der Waals surface area (Å²) in [5.74, 6) is 0.0394. The molecular formula is C27H22ClN9O. The summed E-state index contributed by atoms with van der Waals surface area (Å²) in [5.41, 5.74) is 10.9. The Bertz CT molecular complexity index is 1830. The molecule has 1 unspecified atom stereocenters. The number of hydrogen-bond acceptors (Lipinski definition) is 7. The van der Waals surface area contributed by atoms with Crippen molar-refractivity contribution in [1.29, 1.82) is 0 Å². The maximum Gasteiger partial charge on any atom is 0.251 e. The average molecular weight is 524 g/mol. The largest absolute Gasteiger partial charge is 0.383 e. The van der Waals surface area contributed by atoms with Crippen LogP contribution >= 0.6 is 11.6 Å². The molecule has 0 fully saturated rings. The van der Waals surface area contributed by atoms with Crippen LogP contribution in [0.1, 0.15) is 29.0 Å². The molecule has 0 bridgehead atoms. The van der Waals surface area contributed by atoms with Gasteiger partial charge in [-0.1, -0.05) is 29.8 Å². The number of nitrogen functional groups attached to an aromatic ring is 1. The lowest BCUT2D eigenvalue weighted by Gasteiger charge is -2.11. The van der Waals surface area contributed by atoms with Gasteiger partial charge in [-0.2, -0.15) is 10.2 Å². The van der Waals surface area contributed by atoms with Gasteiger partial charge in [0.1, 0.15) is 17.8 Å². The van der Waals surface area contributed by atoms with E-state index < -0.39 is 0 Å². The van der Waals surface area contributed by atoms with E-state index in [2.05, 4.69) is 20.3 Å². The molecule has 1 atom stereocenters. The fourth-order valence-electron chi connectivity index (χ4n) is 4.69. The van der Waals surface area contributed by atoms with Gasteiger partial charge in [0, 0.05) is 34.8 Å². The normalized spacial score (nSPS) is 12.2. The summed E-state index contributed by atoms with van der Waals surface area (Å²) in [4.78, 5) is 25.7. The number of benzene rings is 2. The first-order valence-electron chi connectivity index (χ1n) is 11.9. The Morgan fingerprint density at radius 2 is 1.92 bits per heavy atom. The first kappa shape index (κ1) is 23.6. The van der Waals surface area contributed by atoms with Crippen molar-refractivity contribution in [3.63, 3.8) is 0 Å². The van der Waals surface area contributed by atoms with Crippen molar-refractivity contribution in [1.82, 2.24) is 39.8 Å². The smallest absolute Gasteiger partial charge is 0.251 e. The highest BCUT2D eigenvalue weighted by atomic mass is 35.5. The number of nitrogens with two attached hydrogens (primary N) is 1. The first-order valence-corrected chi connectivity index (χ1v) is 12.2. The second kappa shape index (κ2) is 9.24. The fourth-order valence-corrected chi connectivity index (χ4v) is 4.85. The minimum Gasteiger partial charge on any atom is -0.383 e. The van der Waals surface area contributed by atoms with Gasteiger partial charge >= 0.3 is 0 Å². The molecule has 0 aliphatic heterocycles. The molecule has 4 heterocycles. The monoisotopic (exact) mass is 523 g/mol. The number of pyridine rings is 1. The third kappa shape index (κ3) is 3.73. The third-order valence-corrected chi connectivity index (χ3v) is 6.73. The third-order valence-electron chi connectivity index (χ3n) is 6.50. The molecule has 0 radical (unpaired) electrons. The second-order valence-corrected chi connectivity index (χ2v) is 9.16. The van der Waals surface area contributed by atoms with Gasteiger partial charge in [-0.25, -0.2) is 19.3 Å². The molecule has 6 aromatic rings. The highest BCUT2D eigenvalue weighted by Crippen LogP contribution is 2.36. The van der Waals surface area contributed by atoms with Crippen molar-refractivity contribution >= 4 is 45.3 Å². The molecule has 6 rings (SSSR count). The molecule has 188 valence electrons. The van der Waals surface area contributed by atoms with Crippen molar-refractivity contribution in [3.05, 3.63) is 89.6 Å². The topological polar surface area (TPSA) is 129 Å². The van der Waals surface area contributed by atoms with E-state index in [9.17, 15) is 4.79 Å². The zero-order valence-electron chi connectivity index (χ0n) is 20.5. The molecule has 0 spiro atoms. The lowest BCUT2D eigenvalue weighted by molar-refractivity contribution is 0.0963. The number of anilines is 1. The molecule has 1 amide bonds. The lowest BCUT2D eigenvalue weighted by Crippen LogP contribution is -2.18. The van der Waals surface area contributed by atoms with E-state index in [4.69, 9.17) is 27.5 Å². The zero-order chi connectivity index (χ0) is 26.4. The summed E-state index contributed by atoms with van der Waals surface area (Å²) >= 11 is 6.37. The number of amides is 1.